The van der Waals surface area contributed by atoms with E-state index >= 15 is 0 Å². The van der Waals surface area contributed by atoms with Crippen LogP contribution in [-0.2, 0) is 25.7 Å². The molecule has 0 saturated carbocycles. The second kappa shape index (κ2) is 12.5. The van der Waals surface area contributed by atoms with Crippen LogP contribution in [0.5, 0.6) is 0 Å². The summed E-state index contributed by atoms with van der Waals surface area (Å²) in [4.78, 5) is 77.9. The van der Waals surface area contributed by atoms with Crippen molar-refractivity contribution < 1.29 is 41.9 Å². The third-order valence-electron chi connectivity index (χ3n) is 7.04. The maximum atomic E-state index is 14.2. The molecular weight excluding hydrogens is 575 g/mol. The van der Waals surface area contributed by atoms with E-state index in [1.807, 2.05) is 0 Å². The molecule has 1 aromatic carbocycles. The molecule has 2 aliphatic heterocycles. The van der Waals surface area contributed by atoms with Gasteiger partial charge in [-0.3, -0.25) is 43.7 Å². The number of likely N-dealkylation sites (N-methyl/N-ethyl adjacent to an activating group) is 1. The predicted octanol–water partition coefficient (Wildman–Crippen LogP) is 1.07. The van der Waals surface area contributed by atoms with Crippen LogP contribution >= 0.6 is 0 Å². The van der Waals surface area contributed by atoms with Gasteiger partial charge in [-0.25, -0.2) is 13.2 Å². The summed E-state index contributed by atoms with van der Waals surface area (Å²) < 4.78 is 41.0. The van der Waals surface area contributed by atoms with Crippen LogP contribution in [0.3, 0.4) is 0 Å². The van der Waals surface area contributed by atoms with Gasteiger partial charge in [0.25, 0.3) is 24.1 Å². The van der Waals surface area contributed by atoms with Crippen molar-refractivity contribution in [2.75, 3.05) is 25.5 Å². The summed E-state index contributed by atoms with van der Waals surface area (Å²) in [6.45, 7) is 3.19. The molecule has 228 valence electrons. The van der Waals surface area contributed by atoms with Crippen LogP contribution in [0.15, 0.2) is 36.8 Å². The molecule has 3 heterocycles. The molecule has 3 N–H and O–H groups in total. The molecule has 2 unspecified atom stereocenters. The quantitative estimate of drug-likeness (QED) is 0.254. The van der Waals surface area contributed by atoms with Gasteiger partial charge in [0, 0.05) is 44.0 Å². The highest BCUT2D eigenvalue weighted by Gasteiger charge is 2.45. The van der Waals surface area contributed by atoms with Crippen molar-refractivity contribution in [1.82, 2.24) is 30.2 Å². The Labute approximate surface area is 243 Å². The lowest BCUT2D eigenvalue weighted by Gasteiger charge is -2.30. The van der Waals surface area contributed by atoms with Gasteiger partial charge in [-0.1, -0.05) is 12.6 Å². The molecule has 6 amide bonds. The second-order valence-corrected chi connectivity index (χ2v) is 9.81. The van der Waals surface area contributed by atoms with Gasteiger partial charge in [0.2, 0.25) is 17.7 Å². The topological polar surface area (TPSA) is 163 Å². The highest BCUT2D eigenvalue weighted by atomic mass is 19.3. The normalized spacial score (nSPS) is 17.1. The number of aryl methyl sites for hydroxylation is 1. The SMILES string of the molecule is C=C(F)C(=O)N(CCNc1cccc2c1C(=O)N(C1CCC(=O)NC1=O)C2=O)C(C(=O)NC)c1cn(CC(F)F)nc1C. The Hall–Kier alpha value is -5.02. The molecule has 2 atom stereocenters. The zero-order chi connectivity index (χ0) is 31.6. The number of hydrogen-bond acceptors (Lipinski definition) is 8. The van der Waals surface area contributed by atoms with Crippen LogP contribution in [-0.4, -0.2) is 87.6 Å². The number of halogens is 3. The van der Waals surface area contributed by atoms with Crippen LogP contribution in [0.1, 0.15) is 50.9 Å². The lowest BCUT2D eigenvalue weighted by atomic mass is 10.0. The van der Waals surface area contributed by atoms with Gasteiger partial charge in [-0.05, 0) is 25.5 Å². The van der Waals surface area contributed by atoms with Gasteiger partial charge in [0.1, 0.15) is 18.6 Å². The molecule has 16 heteroatoms. The summed E-state index contributed by atoms with van der Waals surface area (Å²) in [6, 6.07) is 1.71. The summed E-state index contributed by atoms with van der Waals surface area (Å²) in [6.07, 6.45) is -1.65. The fourth-order valence-electron chi connectivity index (χ4n) is 5.10. The average Bonchev–Trinajstić information content (AvgIpc) is 3.42. The van der Waals surface area contributed by atoms with Gasteiger partial charge in [-0.2, -0.15) is 5.10 Å². The Balaban J connectivity index is 1.59. The number of rotatable bonds is 11. The second-order valence-electron chi connectivity index (χ2n) is 9.81. The zero-order valence-corrected chi connectivity index (χ0v) is 23.2. The van der Waals surface area contributed by atoms with E-state index in [1.165, 1.54) is 38.4 Å². The summed E-state index contributed by atoms with van der Waals surface area (Å²) >= 11 is 0. The molecule has 13 nitrogen and oxygen atoms in total. The van der Waals surface area contributed by atoms with Crippen molar-refractivity contribution in [1.29, 1.82) is 0 Å². The third kappa shape index (κ3) is 6.12. The molecule has 1 fully saturated rings. The number of anilines is 1. The number of alkyl halides is 2. The van der Waals surface area contributed by atoms with Crippen molar-refractivity contribution in [2.45, 2.75) is 44.8 Å². The Kier molecular flexibility index (Phi) is 8.96. The first-order chi connectivity index (χ1) is 20.3. The van der Waals surface area contributed by atoms with E-state index in [2.05, 4.69) is 27.6 Å². The summed E-state index contributed by atoms with van der Waals surface area (Å²) in [7, 11) is 1.28. The van der Waals surface area contributed by atoms with Crippen LogP contribution in [0.2, 0.25) is 0 Å². The minimum absolute atomic E-state index is 0.00933. The summed E-state index contributed by atoms with van der Waals surface area (Å²) in [5.74, 6) is -6.16. The molecular formula is C27H28F3N7O6. The predicted molar refractivity (Wildman–Crippen MR) is 143 cm³/mol. The van der Waals surface area contributed by atoms with E-state index < -0.39 is 66.3 Å². The molecule has 43 heavy (non-hydrogen) atoms. The average molecular weight is 604 g/mol. The first kappa shape index (κ1) is 30.9. The number of fused-ring (bicyclic) bond motifs is 1. The minimum atomic E-state index is -2.74. The fourth-order valence-corrected chi connectivity index (χ4v) is 5.10. The third-order valence-corrected chi connectivity index (χ3v) is 7.04. The number of amides is 6. The van der Waals surface area contributed by atoms with Gasteiger partial charge < -0.3 is 15.5 Å². The Morgan fingerprint density at radius 1 is 1.21 bits per heavy atom. The largest absolute Gasteiger partial charge is 0.383 e. The molecule has 2 aliphatic rings. The maximum Gasteiger partial charge on any atom is 0.282 e. The van der Waals surface area contributed by atoms with Gasteiger partial charge in [0.15, 0.2) is 5.83 Å². The molecule has 0 spiro atoms. The molecule has 0 bridgehead atoms. The highest BCUT2D eigenvalue weighted by Crippen LogP contribution is 2.33. The lowest BCUT2D eigenvalue weighted by molar-refractivity contribution is -0.138. The lowest BCUT2D eigenvalue weighted by Crippen LogP contribution is -2.54. The van der Waals surface area contributed by atoms with Crippen molar-refractivity contribution in [3.63, 3.8) is 0 Å². The fraction of sp³-hybridized carbons (Fsp3) is 0.370. The van der Waals surface area contributed by atoms with E-state index in [0.717, 1.165) is 14.5 Å². The molecule has 2 aromatic rings. The van der Waals surface area contributed by atoms with Crippen molar-refractivity contribution in [2.24, 2.45) is 0 Å². The van der Waals surface area contributed by atoms with Gasteiger partial charge in [-0.15, -0.1) is 0 Å². The smallest absolute Gasteiger partial charge is 0.282 e. The number of aromatic nitrogens is 2. The van der Waals surface area contributed by atoms with Crippen molar-refractivity contribution >= 4 is 41.1 Å². The highest BCUT2D eigenvalue weighted by molar-refractivity contribution is 6.25. The summed E-state index contributed by atoms with van der Waals surface area (Å²) in [5, 5.41) is 11.4. The molecule has 1 aromatic heterocycles. The number of nitrogens with one attached hydrogen (secondary N) is 3. The van der Waals surface area contributed by atoms with Crippen LogP contribution in [0, 0.1) is 6.92 Å². The number of benzene rings is 1. The monoisotopic (exact) mass is 603 g/mol. The van der Waals surface area contributed by atoms with E-state index in [0.29, 0.717) is 0 Å². The standard InChI is InChI=1S/C27H28F3N7O6/c1-13(28)25(41)36(22(24(40)31-3)16-11-35(12-19(29)30)34-14(16)2)10-9-32-17-6-4-5-15-21(17)27(43)37(26(15)42)18-7-8-20(38)33-23(18)39/h4-6,11,18-19,22,32H,1,7-10,12H2,2-3H3,(H,31,40)(H,33,38,39). The van der Waals surface area contributed by atoms with E-state index in [-0.39, 0.29) is 54.0 Å². The first-order valence-electron chi connectivity index (χ1n) is 13.1. The number of carbonyl (C=O) groups is 6. The van der Waals surface area contributed by atoms with E-state index in [9.17, 15) is 41.9 Å². The number of imide groups is 2. The number of hydrogen-bond donors (Lipinski definition) is 3. The van der Waals surface area contributed by atoms with Gasteiger partial charge in [0.05, 0.1) is 16.8 Å². The number of nitrogens with zero attached hydrogens (tertiary/aromatic N) is 4. The summed E-state index contributed by atoms with van der Waals surface area (Å²) in [5.41, 5.74) is 0.362. The number of piperidine rings is 1. The zero-order valence-electron chi connectivity index (χ0n) is 23.2. The van der Waals surface area contributed by atoms with E-state index in [1.54, 1.807) is 0 Å². The maximum absolute atomic E-state index is 14.2. The van der Waals surface area contributed by atoms with Crippen LogP contribution in [0.25, 0.3) is 0 Å². The van der Waals surface area contributed by atoms with Crippen LogP contribution < -0.4 is 16.0 Å². The molecule has 0 radical (unpaired) electrons. The van der Waals surface area contributed by atoms with Crippen molar-refractivity contribution in [3.05, 3.63) is 59.2 Å². The van der Waals surface area contributed by atoms with Crippen LogP contribution in [0.4, 0.5) is 18.9 Å². The number of carbonyl (C=O) groups excluding carboxylic acids is 6. The minimum Gasteiger partial charge on any atom is -0.383 e. The molecule has 0 aliphatic carbocycles. The van der Waals surface area contributed by atoms with E-state index in [4.69, 9.17) is 0 Å². The first-order valence-corrected chi connectivity index (χ1v) is 13.1. The van der Waals surface area contributed by atoms with Crippen molar-refractivity contribution in [3.8, 4) is 0 Å². The molecule has 4 rings (SSSR count). The van der Waals surface area contributed by atoms with Gasteiger partial charge >= 0.3 is 0 Å². The Morgan fingerprint density at radius 3 is 2.56 bits per heavy atom. The Bertz CT molecular complexity index is 1520. The Morgan fingerprint density at radius 2 is 1.93 bits per heavy atom. The molecule has 1 saturated heterocycles.